The standard InChI is InChI=1S/C15H33NO5/c1-3-5-6-18-7-8-19-9-10-20-11-12-21-14-15(13-17)16-4-2/h15-17H,3-14H2,1-2H3. The monoisotopic (exact) mass is 307 g/mol. The Hall–Kier alpha value is -0.240. The summed E-state index contributed by atoms with van der Waals surface area (Å²) in [6.07, 6.45) is 2.26. The maximum Gasteiger partial charge on any atom is 0.0701 e. The lowest BCUT2D eigenvalue weighted by molar-refractivity contribution is -0.00601. The zero-order valence-electron chi connectivity index (χ0n) is 13.6. The number of nitrogens with one attached hydrogen (secondary N) is 1. The van der Waals surface area contributed by atoms with E-state index in [1.165, 1.54) is 0 Å². The van der Waals surface area contributed by atoms with Crippen molar-refractivity contribution in [2.24, 2.45) is 0 Å². The van der Waals surface area contributed by atoms with E-state index in [-0.39, 0.29) is 12.6 Å². The largest absolute Gasteiger partial charge is 0.395 e. The number of aliphatic hydroxyl groups is 1. The first-order valence-electron chi connectivity index (χ1n) is 8.00. The Morgan fingerprint density at radius 1 is 0.810 bits per heavy atom. The van der Waals surface area contributed by atoms with Crippen LogP contribution in [0, 0.1) is 0 Å². The lowest BCUT2D eigenvalue weighted by atomic mass is 10.3. The van der Waals surface area contributed by atoms with E-state index in [9.17, 15) is 0 Å². The van der Waals surface area contributed by atoms with Crippen LogP contribution in [0.4, 0.5) is 0 Å². The quantitative estimate of drug-likeness (QED) is 0.388. The van der Waals surface area contributed by atoms with Crippen LogP contribution in [0.15, 0.2) is 0 Å². The van der Waals surface area contributed by atoms with Gasteiger partial charge in [-0.15, -0.1) is 0 Å². The average Bonchev–Trinajstić information content (AvgIpc) is 2.50. The van der Waals surface area contributed by atoms with Gasteiger partial charge >= 0.3 is 0 Å². The van der Waals surface area contributed by atoms with Crippen molar-refractivity contribution in [1.82, 2.24) is 5.32 Å². The predicted octanol–water partition coefficient (Wildman–Crippen LogP) is 0.823. The molecule has 0 radical (unpaired) electrons. The molecule has 0 aliphatic rings. The number of unbranched alkanes of at least 4 members (excludes halogenated alkanes) is 1. The van der Waals surface area contributed by atoms with E-state index in [1.54, 1.807) is 0 Å². The summed E-state index contributed by atoms with van der Waals surface area (Å²) in [5.41, 5.74) is 0. The van der Waals surface area contributed by atoms with Gasteiger partial charge in [0, 0.05) is 6.61 Å². The molecular weight excluding hydrogens is 274 g/mol. The van der Waals surface area contributed by atoms with Gasteiger partial charge in [-0.25, -0.2) is 0 Å². The summed E-state index contributed by atoms with van der Waals surface area (Å²) >= 11 is 0. The lowest BCUT2D eigenvalue weighted by Crippen LogP contribution is -2.36. The van der Waals surface area contributed by atoms with Gasteiger partial charge in [-0.05, 0) is 13.0 Å². The highest BCUT2D eigenvalue weighted by Gasteiger charge is 2.04. The molecule has 0 saturated heterocycles. The van der Waals surface area contributed by atoms with Crippen LogP contribution in [0.25, 0.3) is 0 Å². The minimum atomic E-state index is 0.00559. The van der Waals surface area contributed by atoms with E-state index in [2.05, 4.69) is 12.2 Å². The Labute approximate surface area is 129 Å². The van der Waals surface area contributed by atoms with Crippen molar-refractivity contribution < 1.29 is 24.1 Å². The van der Waals surface area contributed by atoms with E-state index >= 15 is 0 Å². The van der Waals surface area contributed by atoms with Gasteiger partial charge in [0.15, 0.2) is 0 Å². The van der Waals surface area contributed by atoms with Crippen molar-refractivity contribution >= 4 is 0 Å². The van der Waals surface area contributed by atoms with Gasteiger partial charge in [0.05, 0.1) is 58.9 Å². The fraction of sp³-hybridized carbons (Fsp3) is 1.00. The minimum absolute atomic E-state index is 0.00559. The van der Waals surface area contributed by atoms with Crippen molar-refractivity contribution in [2.45, 2.75) is 32.7 Å². The van der Waals surface area contributed by atoms with Crippen LogP contribution in [0.3, 0.4) is 0 Å². The Morgan fingerprint density at radius 2 is 1.33 bits per heavy atom. The van der Waals surface area contributed by atoms with Gasteiger partial charge in [0.25, 0.3) is 0 Å². The fourth-order valence-corrected chi connectivity index (χ4v) is 1.60. The summed E-state index contributed by atoms with van der Waals surface area (Å²) < 4.78 is 21.5. The van der Waals surface area contributed by atoms with Crippen LogP contribution in [-0.2, 0) is 18.9 Å². The molecule has 0 aromatic rings. The smallest absolute Gasteiger partial charge is 0.0701 e. The molecule has 6 heteroatoms. The van der Waals surface area contributed by atoms with Crippen molar-refractivity contribution in [3.05, 3.63) is 0 Å². The number of aliphatic hydroxyl groups excluding tert-OH is 1. The molecule has 0 bridgehead atoms. The minimum Gasteiger partial charge on any atom is -0.395 e. The average molecular weight is 307 g/mol. The highest BCUT2D eigenvalue weighted by atomic mass is 16.6. The highest BCUT2D eigenvalue weighted by Crippen LogP contribution is 1.89. The molecule has 0 aromatic carbocycles. The SMILES string of the molecule is CCCCOCCOCCOCCOCC(CO)NCC. The van der Waals surface area contributed by atoms with Crippen LogP contribution in [-0.4, -0.2) is 77.2 Å². The first kappa shape index (κ1) is 20.8. The Kier molecular flexibility index (Phi) is 17.6. The fourth-order valence-electron chi connectivity index (χ4n) is 1.60. The van der Waals surface area contributed by atoms with Crippen LogP contribution in [0.1, 0.15) is 26.7 Å². The number of hydrogen-bond acceptors (Lipinski definition) is 6. The van der Waals surface area contributed by atoms with E-state index in [0.29, 0.717) is 46.2 Å². The zero-order chi connectivity index (χ0) is 15.6. The highest BCUT2D eigenvalue weighted by molar-refractivity contribution is 4.62. The third kappa shape index (κ3) is 16.0. The molecule has 6 nitrogen and oxygen atoms in total. The first-order valence-corrected chi connectivity index (χ1v) is 8.00. The van der Waals surface area contributed by atoms with Crippen LogP contribution < -0.4 is 5.32 Å². The molecule has 0 aliphatic heterocycles. The normalized spacial score (nSPS) is 12.7. The van der Waals surface area contributed by atoms with Crippen molar-refractivity contribution in [3.8, 4) is 0 Å². The molecule has 0 spiro atoms. The molecule has 0 fully saturated rings. The summed E-state index contributed by atoms with van der Waals surface area (Å²) in [7, 11) is 0. The van der Waals surface area contributed by atoms with Crippen molar-refractivity contribution in [3.63, 3.8) is 0 Å². The molecule has 0 aromatic heterocycles. The lowest BCUT2D eigenvalue weighted by Gasteiger charge is -2.15. The molecule has 21 heavy (non-hydrogen) atoms. The first-order chi connectivity index (χ1) is 10.3. The predicted molar refractivity (Wildman–Crippen MR) is 82.7 cm³/mol. The molecule has 128 valence electrons. The molecule has 2 N–H and O–H groups in total. The van der Waals surface area contributed by atoms with Crippen LogP contribution >= 0.6 is 0 Å². The number of rotatable bonds is 17. The van der Waals surface area contributed by atoms with Crippen LogP contribution in [0.5, 0.6) is 0 Å². The third-order valence-electron chi connectivity index (χ3n) is 2.79. The summed E-state index contributed by atoms with van der Waals surface area (Å²) in [6, 6.07) is 0.00559. The number of likely N-dealkylation sites (N-methyl/N-ethyl adjacent to an activating group) is 1. The maximum atomic E-state index is 9.05. The molecule has 1 atom stereocenters. The second-order valence-corrected chi connectivity index (χ2v) is 4.70. The van der Waals surface area contributed by atoms with Gasteiger partial charge in [0.1, 0.15) is 0 Å². The topological polar surface area (TPSA) is 69.2 Å². The molecule has 0 aliphatic carbocycles. The van der Waals surface area contributed by atoms with E-state index < -0.39 is 0 Å². The van der Waals surface area contributed by atoms with Gasteiger partial charge in [-0.3, -0.25) is 0 Å². The third-order valence-corrected chi connectivity index (χ3v) is 2.79. The van der Waals surface area contributed by atoms with Gasteiger partial charge < -0.3 is 29.4 Å². The van der Waals surface area contributed by atoms with E-state index in [4.69, 9.17) is 24.1 Å². The molecule has 0 rings (SSSR count). The maximum absolute atomic E-state index is 9.05. The number of ether oxygens (including phenoxy) is 4. The van der Waals surface area contributed by atoms with Gasteiger partial charge in [-0.2, -0.15) is 0 Å². The summed E-state index contributed by atoms with van der Waals surface area (Å²) in [5.74, 6) is 0. The Morgan fingerprint density at radius 3 is 1.81 bits per heavy atom. The second kappa shape index (κ2) is 17.8. The molecule has 0 amide bonds. The molecule has 1 unspecified atom stereocenters. The van der Waals surface area contributed by atoms with E-state index in [1.807, 2.05) is 6.92 Å². The van der Waals surface area contributed by atoms with Crippen molar-refractivity contribution in [1.29, 1.82) is 0 Å². The summed E-state index contributed by atoms with van der Waals surface area (Å²) in [6.45, 7) is 9.85. The summed E-state index contributed by atoms with van der Waals surface area (Å²) in [4.78, 5) is 0. The molecular formula is C15H33NO5. The number of hydrogen-bond donors (Lipinski definition) is 2. The van der Waals surface area contributed by atoms with E-state index in [0.717, 1.165) is 26.0 Å². The van der Waals surface area contributed by atoms with Gasteiger partial charge in [-0.1, -0.05) is 20.3 Å². The van der Waals surface area contributed by atoms with Crippen molar-refractivity contribution in [2.75, 3.05) is 66.0 Å². The Balaban J connectivity index is 3.08. The molecule has 0 saturated carbocycles. The summed E-state index contributed by atoms with van der Waals surface area (Å²) in [5, 5.41) is 12.2. The van der Waals surface area contributed by atoms with Crippen LogP contribution in [0.2, 0.25) is 0 Å². The Bertz CT molecular complexity index is 195. The second-order valence-electron chi connectivity index (χ2n) is 4.70. The van der Waals surface area contributed by atoms with Gasteiger partial charge in [0.2, 0.25) is 0 Å². The molecule has 0 heterocycles. The zero-order valence-corrected chi connectivity index (χ0v) is 13.6.